The molecule has 0 aromatic carbocycles. The summed E-state index contributed by atoms with van der Waals surface area (Å²) in [6.45, 7) is 2.24. The molecule has 1 fully saturated rings. The average Bonchev–Trinajstić information content (AvgIpc) is 2.49. The zero-order valence-corrected chi connectivity index (χ0v) is 12.1. The zero-order valence-electron chi connectivity index (χ0n) is 12.1. The highest BCUT2D eigenvalue weighted by Crippen LogP contribution is 2.23. The number of aromatic amines is 1. The van der Waals surface area contributed by atoms with Crippen LogP contribution in [0.2, 0.25) is 0 Å². The third-order valence-corrected chi connectivity index (χ3v) is 4.21. The lowest BCUT2D eigenvalue weighted by Gasteiger charge is -2.26. The van der Waals surface area contributed by atoms with Crippen molar-refractivity contribution in [2.45, 2.75) is 38.6 Å². The fraction of sp³-hybridized carbons (Fsp3) is 0.438. The van der Waals surface area contributed by atoms with Gasteiger partial charge in [0, 0.05) is 17.6 Å². The molecular weight excluding hydrogens is 266 g/mol. The summed E-state index contributed by atoms with van der Waals surface area (Å²) in [6, 6.07) is 5.40. The molecule has 110 valence electrons. The minimum absolute atomic E-state index is 0.161. The van der Waals surface area contributed by atoms with Gasteiger partial charge < -0.3 is 10.3 Å². The Bertz CT molecular complexity index is 715. The number of rotatable bonds is 2. The van der Waals surface area contributed by atoms with E-state index in [-0.39, 0.29) is 23.1 Å². The molecule has 5 nitrogen and oxygen atoms in total. The normalized spacial score (nSPS) is 22.1. The van der Waals surface area contributed by atoms with E-state index in [4.69, 9.17) is 0 Å². The summed E-state index contributed by atoms with van der Waals surface area (Å²) in [6.07, 6.45) is 5.84. The largest absolute Gasteiger partial charge is 0.349 e. The fourth-order valence-electron chi connectivity index (χ4n) is 2.87. The first-order chi connectivity index (χ1) is 10.1. The van der Waals surface area contributed by atoms with Crippen LogP contribution < -0.4 is 10.9 Å². The van der Waals surface area contributed by atoms with Crippen LogP contribution in [0.4, 0.5) is 0 Å². The highest BCUT2D eigenvalue weighted by molar-refractivity contribution is 5.96. The maximum absolute atomic E-state index is 12.3. The third kappa shape index (κ3) is 2.96. The van der Waals surface area contributed by atoms with Crippen molar-refractivity contribution in [2.75, 3.05) is 0 Å². The van der Waals surface area contributed by atoms with E-state index in [1.807, 2.05) is 6.07 Å². The summed E-state index contributed by atoms with van der Waals surface area (Å²) >= 11 is 0. The van der Waals surface area contributed by atoms with Crippen LogP contribution in [0.15, 0.2) is 29.2 Å². The van der Waals surface area contributed by atoms with Crippen molar-refractivity contribution < 1.29 is 4.79 Å². The van der Waals surface area contributed by atoms with Crippen LogP contribution in [0.5, 0.6) is 0 Å². The molecule has 0 atom stereocenters. The molecule has 0 bridgehead atoms. The van der Waals surface area contributed by atoms with Crippen LogP contribution in [-0.2, 0) is 0 Å². The van der Waals surface area contributed by atoms with E-state index in [1.54, 1.807) is 18.3 Å². The molecule has 0 unspecified atom stereocenters. The topological polar surface area (TPSA) is 74.8 Å². The lowest BCUT2D eigenvalue weighted by molar-refractivity contribution is 0.0921. The van der Waals surface area contributed by atoms with E-state index >= 15 is 0 Å². The Morgan fingerprint density at radius 1 is 1.33 bits per heavy atom. The van der Waals surface area contributed by atoms with Crippen LogP contribution in [0.3, 0.4) is 0 Å². The SMILES string of the molecule is CC1CCC(NC(=O)c2cc3cccnc3[nH]c2=O)CC1. The lowest BCUT2D eigenvalue weighted by Crippen LogP contribution is -2.39. The number of amides is 1. The van der Waals surface area contributed by atoms with Gasteiger partial charge in [-0.25, -0.2) is 4.98 Å². The Morgan fingerprint density at radius 3 is 2.86 bits per heavy atom. The minimum atomic E-state index is -0.386. The first kappa shape index (κ1) is 13.8. The van der Waals surface area contributed by atoms with Crippen LogP contribution in [0.25, 0.3) is 11.0 Å². The molecular formula is C16H19N3O2. The number of carbonyl (C=O) groups is 1. The summed E-state index contributed by atoms with van der Waals surface area (Å²) in [5.74, 6) is 0.440. The Morgan fingerprint density at radius 2 is 2.10 bits per heavy atom. The molecule has 0 spiro atoms. The van der Waals surface area contributed by atoms with E-state index in [0.717, 1.165) is 37.0 Å². The number of pyridine rings is 2. The van der Waals surface area contributed by atoms with Crippen molar-refractivity contribution in [3.05, 3.63) is 40.3 Å². The van der Waals surface area contributed by atoms with Crippen molar-refractivity contribution in [1.82, 2.24) is 15.3 Å². The number of nitrogens with one attached hydrogen (secondary N) is 2. The van der Waals surface area contributed by atoms with Gasteiger partial charge in [0.15, 0.2) is 0 Å². The van der Waals surface area contributed by atoms with Gasteiger partial charge in [-0.05, 0) is 49.8 Å². The van der Waals surface area contributed by atoms with E-state index < -0.39 is 0 Å². The molecule has 1 saturated carbocycles. The van der Waals surface area contributed by atoms with E-state index in [9.17, 15) is 9.59 Å². The minimum Gasteiger partial charge on any atom is -0.349 e. The van der Waals surface area contributed by atoms with Gasteiger partial charge in [-0.2, -0.15) is 0 Å². The van der Waals surface area contributed by atoms with Crippen molar-refractivity contribution in [3.8, 4) is 0 Å². The van der Waals surface area contributed by atoms with Gasteiger partial charge in [-0.15, -0.1) is 0 Å². The molecule has 3 rings (SSSR count). The molecule has 21 heavy (non-hydrogen) atoms. The summed E-state index contributed by atoms with van der Waals surface area (Å²) in [7, 11) is 0. The van der Waals surface area contributed by atoms with Crippen LogP contribution in [0, 0.1) is 5.92 Å². The molecule has 2 aromatic heterocycles. The highest BCUT2D eigenvalue weighted by atomic mass is 16.2. The van der Waals surface area contributed by atoms with E-state index in [2.05, 4.69) is 22.2 Å². The van der Waals surface area contributed by atoms with Crippen molar-refractivity contribution in [2.24, 2.45) is 5.92 Å². The second-order valence-electron chi connectivity index (χ2n) is 5.88. The van der Waals surface area contributed by atoms with E-state index in [1.165, 1.54) is 0 Å². The number of H-pyrrole nitrogens is 1. The Kier molecular flexibility index (Phi) is 3.73. The molecule has 1 amide bonds. The highest BCUT2D eigenvalue weighted by Gasteiger charge is 2.21. The molecule has 0 aliphatic heterocycles. The lowest BCUT2D eigenvalue weighted by atomic mass is 9.87. The second-order valence-corrected chi connectivity index (χ2v) is 5.88. The Balaban J connectivity index is 1.81. The van der Waals surface area contributed by atoms with Crippen molar-refractivity contribution >= 4 is 16.9 Å². The number of nitrogens with zero attached hydrogens (tertiary/aromatic N) is 1. The number of hydrogen-bond donors (Lipinski definition) is 2. The van der Waals surface area contributed by atoms with Crippen LogP contribution in [0.1, 0.15) is 43.0 Å². The summed E-state index contributed by atoms with van der Waals surface area (Å²) in [4.78, 5) is 31.1. The fourth-order valence-corrected chi connectivity index (χ4v) is 2.87. The van der Waals surface area contributed by atoms with E-state index in [0.29, 0.717) is 5.65 Å². The first-order valence-electron chi connectivity index (χ1n) is 7.42. The summed E-state index contributed by atoms with van der Waals surface area (Å²) in [5, 5.41) is 3.75. The van der Waals surface area contributed by atoms with Gasteiger partial charge >= 0.3 is 0 Å². The maximum Gasteiger partial charge on any atom is 0.262 e. The standard InChI is InChI=1S/C16H19N3O2/c1-10-4-6-12(7-5-10)18-15(20)13-9-11-3-2-8-17-14(11)19-16(13)21/h2-3,8-10,12H,4-7H2,1H3,(H,18,20)(H,17,19,21). The van der Waals surface area contributed by atoms with Gasteiger partial charge in [0.25, 0.3) is 11.5 Å². The zero-order chi connectivity index (χ0) is 14.8. The van der Waals surface area contributed by atoms with Crippen molar-refractivity contribution in [3.63, 3.8) is 0 Å². The average molecular weight is 285 g/mol. The Hall–Kier alpha value is -2.17. The number of aromatic nitrogens is 2. The molecule has 2 aromatic rings. The number of carbonyl (C=O) groups excluding carboxylic acids is 1. The predicted octanol–water partition coefficient (Wildman–Crippen LogP) is 2.23. The monoisotopic (exact) mass is 285 g/mol. The summed E-state index contributed by atoms with van der Waals surface area (Å²) in [5.41, 5.74) is 0.280. The number of fused-ring (bicyclic) bond motifs is 1. The van der Waals surface area contributed by atoms with Crippen molar-refractivity contribution in [1.29, 1.82) is 0 Å². The molecule has 1 aliphatic carbocycles. The van der Waals surface area contributed by atoms with Crippen LogP contribution in [-0.4, -0.2) is 21.9 Å². The molecule has 2 N–H and O–H groups in total. The third-order valence-electron chi connectivity index (χ3n) is 4.21. The molecule has 1 aliphatic rings. The smallest absolute Gasteiger partial charge is 0.262 e. The Labute approximate surface area is 122 Å². The predicted molar refractivity (Wildman–Crippen MR) is 81.2 cm³/mol. The van der Waals surface area contributed by atoms with Gasteiger partial charge in [-0.1, -0.05) is 6.92 Å². The molecule has 0 radical (unpaired) electrons. The maximum atomic E-state index is 12.3. The first-order valence-corrected chi connectivity index (χ1v) is 7.42. The van der Waals surface area contributed by atoms with Crippen LogP contribution >= 0.6 is 0 Å². The number of hydrogen-bond acceptors (Lipinski definition) is 3. The van der Waals surface area contributed by atoms with Gasteiger partial charge in [0.2, 0.25) is 0 Å². The molecule has 0 saturated heterocycles. The second kappa shape index (κ2) is 5.68. The van der Waals surface area contributed by atoms with Gasteiger partial charge in [-0.3, -0.25) is 9.59 Å². The van der Waals surface area contributed by atoms with Gasteiger partial charge in [0.1, 0.15) is 11.2 Å². The summed E-state index contributed by atoms with van der Waals surface area (Å²) < 4.78 is 0. The molecule has 5 heteroatoms. The molecule has 2 heterocycles. The van der Waals surface area contributed by atoms with Gasteiger partial charge in [0.05, 0.1) is 0 Å². The quantitative estimate of drug-likeness (QED) is 0.888.